The summed E-state index contributed by atoms with van der Waals surface area (Å²) >= 11 is 0. The number of phosphoric acid groups is 1. The zero-order chi connectivity index (χ0) is 47.1. The van der Waals surface area contributed by atoms with Gasteiger partial charge in [0, 0.05) is 6.42 Å². The summed E-state index contributed by atoms with van der Waals surface area (Å²) in [5.41, 5.74) is 0. The summed E-state index contributed by atoms with van der Waals surface area (Å²) in [4.78, 5) is 23.1. The van der Waals surface area contributed by atoms with E-state index in [9.17, 15) is 19.4 Å². The van der Waals surface area contributed by atoms with Crippen LogP contribution in [-0.4, -0.2) is 73.4 Å². The zero-order valence-corrected chi connectivity index (χ0v) is 43.9. The van der Waals surface area contributed by atoms with Crippen LogP contribution in [0.25, 0.3) is 0 Å². The van der Waals surface area contributed by atoms with Gasteiger partial charge in [-0.15, -0.1) is 0 Å². The highest BCUT2D eigenvalue weighted by Gasteiger charge is 2.27. The number of quaternary nitrogens is 1. The van der Waals surface area contributed by atoms with E-state index in [1.807, 2.05) is 27.2 Å². The number of hydrogen-bond donors (Lipinski definition) is 3. The highest BCUT2D eigenvalue weighted by atomic mass is 31.2. The van der Waals surface area contributed by atoms with Gasteiger partial charge in [-0.25, -0.2) is 4.57 Å². The lowest BCUT2D eigenvalue weighted by Gasteiger charge is -2.25. The molecule has 0 aromatic carbocycles. The predicted octanol–water partition coefficient (Wildman–Crippen LogP) is 16.2. The number of allylic oxidation sites excluding steroid dienone is 5. The first-order chi connectivity index (χ1) is 31.0. The number of carbonyl (C=O) groups excluding carboxylic acids is 1. The molecule has 64 heavy (non-hydrogen) atoms. The molecule has 0 saturated heterocycles. The lowest BCUT2D eigenvalue weighted by Crippen LogP contribution is -2.45. The van der Waals surface area contributed by atoms with Gasteiger partial charge in [0.2, 0.25) is 5.91 Å². The van der Waals surface area contributed by atoms with Crippen molar-refractivity contribution < 1.29 is 32.9 Å². The number of unbranched alkanes of at least 4 members (excludes halogenated alkanes) is 33. The molecule has 0 aliphatic rings. The molecule has 0 saturated carbocycles. The predicted molar refractivity (Wildman–Crippen MR) is 277 cm³/mol. The lowest BCUT2D eigenvalue weighted by molar-refractivity contribution is -0.870. The maximum Gasteiger partial charge on any atom is 0.472 e. The van der Waals surface area contributed by atoms with Crippen molar-refractivity contribution in [2.45, 2.75) is 270 Å². The Balaban J connectivity index is 3.97. The molecule has 3 atom stereocenters. The summed E-state index contributed by atoms with van der Waals surface area (Å²) in [6.07, 6.45) is 59.9. The van der Waals surface area contributed by atoms with Gasteiger partial charge in [0.25, 0.3) is 0 Å². The van der Waals surface area contributed by atoms with Crippen molar-refractivity contribution >= 4 is 13.7 Å². The van der Waals surface area contributed by atoms with E-state index in [2.05, 4.69) is 43.5 Å². The summed E-state index contributed by atoms with van der Waals surface area (Å²) in [7, 11) is 1.56. The van der Waals surface area contributed by atoms with E-state index in [-0.39, 0.29) is 19.1 Å². The minimum Gasteiger partial charge on any atom is -0.387 e. The fourth-order valence-corrected chi connectivity index (χ4v) is 8.73. The van der Waals surface area contributed by atoms with Gasteiger partial charge >= 0.3 is 7.82 Å². The van der Waals surface area contributed by atoms with Crippen LogP contribution in [0, 0.1) is 0 Å². The van der Waals surface area contributed by atoms with Crippen LogP contribution in [0.3, 0.4) is 0 Å². The van der Waals surface area contributed by atoms with Gasteiger partial charge in [-0.3, -0.25) is 13.8 Å². The molecule has 0 spiro atoms. The number of carbonyl (C=O) groups is 1. The first-order valence-corrected chi connectivity index (χ1v) is 28.9. The molecule has 0 bridgehead atoms. The molecule has 3 N–H and O–H groups in total. The van der Waals surface area contributed by atoms with Crippen LogP contribution < -0.4 is 5.32 Å². The first kappa shape index (κ1) is 62.7. The third-order valence-electron chi connectivity index (χ3n) is 12.3. The Morgan fingerprint density at radius 2 is 0.859 bits per heavy atom. The second-order valence-corrected chi connectivity index (χ2v) is 21.4. The Morgan fingerprint density at radius 1 is 0.516 bits per heavy atom. The number of nitrogens with zero attached hydrogens (tertiary/aromatic N) is 1. The molecule has 0 aromatic heterocycles. The topological polar surface area (TPSA) is 105 Å². The SMILES string of the molecule is CCCCCC/C=C/CC/C=C/C(O)C(COP(=O)(O)OCC[N+](C)(C)C)NC(=O)CCCCCCCCCCCCCCCCCC/C=C\CCCCCCCCCCCCCC. The molecule has 0 heterocycles. The van der Waals surface area contributed by atoms with Crippen molar-refractivity contribution in [1.82, 2.24) is 5.32 Å². The number of rotatable bonds is 50. The minimum atomic E-state index is -4.34. The summed E-state index contributed by atoms with van der Waals surface area (Å²) in [5, 5.41) is 13.8. The van der Waals surface area contributed by atoms with Crippen LogP contribution in [0.5, 0.6) is 0 Å². The number of likely N-dealkylation sites (N-methyl/N-ethyl adjacent to an activating group) is 1. The number of phosphoric ester groups is 1. The van der Waals surface area contributed by atoms with Gasteiger partial charge in [-0.05, 0) is 57.8 Å². The maximum atomic E-state index is 12.9. The van der Waals surface area contributed by atoms with E-state index in [0.717, 1.165) is 38.5 Å². The summed E-state index contributed by atoms with van der Waals surface area (Å²) in [6.45, 7) is 4.77. The molecule has 378 valence electrons. The second kappa shape index (κ2) is 46.8. The molecule has 9 heteroatoms. The number of hydrogen-bond acceptors (Lipinski definition) is 5. The van der Waals surface area contributed by atoms with Crippen LogP contribution in [0.2, 0.25) is 0 Å². The molecule has 1 amide bonds. The molecule has 0 fully saturated rings. The van der Waals surface area contributed by atoms with E-state index in [1.54, 1.807) is 6.08 Å². The van der Waals surface area contributed by atoms with Crippen LogP contribution in [0.4, 0.5) is 0 Å². The molecular formula is C55H108N2O6P+. The molecule has 3 unspecified atom stereocenters. The average molecular weight is 924 g/mol. The van der Waals surface area contributed by atoms with Gasteiger partial charge in [0.05, 0.1) is 39.9 Å². The fourth-order valence-electron chi connectivity index (χ4n) is 7.99. The number of aliphatic hydroxyl groups excluding tert-OH is 1. The molecule has 0 aliphatic heterocycles. The van der Waals surface area contributed by atoms with Gasteiger partial charge in [-0.1, -0.05) is 230 Å². The largest absolute Gasteiger partial charge is 0.472 e. The van der Waals surface area contributed by atoms with Gasteiger partial charge in [0.15, 0.2) is 0 Å². The van der Waals surface area contributed by atoms with Crippen molar-refractivity contribution in [3.8, 4) is 0 Å². The molecule has 0 rings (SSSR count). The standard InChI is InChI=1S/C55H107N2O6P/c1-6-8-10-12-14-16-18-19-20-21-22-23-24-25-26-27-28-29-30-31-32-33-34-35-36-37-38-39-41-43-45-47-49-55(59)56-53(52-63-64(60,61)62-51-50-57(3,4)5)54(58)48-46-44-42-40-17-15-13-11-9-7-2/h17,25-26,40,46,48,53-54,58H,6-16,18-24,27-39,41-45,47,49-52H2,1-5H3,(H-,56,59,60,61)/p+1/b26-25-,40-17+,48-46+. The Labute approximate surface area is 397 Å². The van der Waals surface area contributed by atoms with Crippen LogP contribution in [0.15, 0.2) is 36.5 Å². The second-order valence-electron chi connectivity index (χ2n) is 19.9. The normalized spacial score (nSPS) is 14.3. The Morgan fingerprint density at radius 3 is 1.27 bits per heavy atom. The monoisotopic (exact) mass is 924 g/mol. The highest BCUT2D eigenvalue weighted by molar-refractivity contribution is 7.47. The summed E-state index contributed by atoms with van der Waals surface area (Å²) < 4.78 is 23.6. The lowest BCUT2D eigenvalue weighted by atomic mass is 10.0. The first-order valence-electron chi connectivity index (χ1n) is 27.4. The van der Waals surface area contributed by atoms with Crippen LogP contribution >= 0.6 is 7.82 Å². The van der Waals surface area contributed by atoms with E-state index >= 15 is 0 Å². The van der Waals surface area contributed by atoms with Gasteiger partial charge in [0.1, 0.15) is 13.2 Å². The van der Waals surface area contributed by atoms with E-state index < -0.39 is 20.0 Å². The summed E-state index contributed by atoms with van der Waals surface area (Å²) in [5.74, 6) is -0.186. The molecular weight excluding hydrogens is 816 g/mol. The van der Waals surface area contributed by atoms with Crippen LogP contribution in [-0.2, 0) is 18.4 Å². The third kappa shape index (κ3) is 48.6. The quantitative estimate of drug-likeness (QED) is 0.0243. The Bertz CT molecular complexity index is 1140. The number of amides is 1. The van der Waals surface area contributed by atoms with Gasteiger partial charge < -0.3 is 19.8 Å². The Hall–Kier alpha value is -1.28. The van der Waals surface area contributed by atoms with Crippen molar-refractivity contribution in [3.05, 3.63) is 36.5 Å². The molecule has 0 radical (unpaired) electrons. The van der Waals surface area contributed by atoms with Crippen LogP contribution in [0.1, 0.15) is 258 Å². The molecule has 8 nitrogen and oxygen atoms in total. The number of nitrogens with one attached hydrogen (secondary N) is 1. The third-order valence-corrected chi connectivity index (χ3v) is 13.3. The van der Waals surface area contributed by atoms with Crippen molar-refractivity contribution in [2.75, 3.05) is 40.9 Å². The summed E-state index contributed by atoms with van der Waals surface area (Å²) in [6, 6.07) is -0.860. The minimum absolute atomic E-state index is 0.0568. The smallest absolute Gasteiger partial charge is 0.387 e. The highest BCUT2D eigenvalue weighted by Crippen LogP contribution is 2.43. The fraction of sp³-hybridized carbons (Fsp3) is 0.873. The van der Waals surface area contributed by atoms with Gasteiger partial charge in [-0.2, -0.15) is 0 Å². The molecule has 0 aliphatic carbocycles. The van der Waals surface area contributed by atoms with E-state index in [0.29, 0.717) is 17.4 Å². The average Bonchev–Trinajstić information content (AvgIpc) is 3.25. The van der Waals surface area contributed by atoms with Crippen molar-refractivity contribution in [1.29, 1.82) is 0 Å². The molecule has 0 aromatic rings. The van der Waals surface area contributed by atoms with Crippen molar-refractivity contribution in [2.24, 2.45) is 0 Å². The maximum absolute atomic E-state index is 12.9. The zero-order valence-electron chi connectivity index (χ0n) is 43.0. The van der Waals surface area contributed by atoms with E-state index in [4.69, 9.17) is 9.05 Å². The Kier molecular flexibility index (Phi) is 45.9. The van der Waals surface area contributed by atoms with Crippen molar-refractivity contribution in [3.63, 3.8) is 0 Å². The number of aliphatic hydroxyl groups is 1. The van der Waals surface area contributed by atoms with E-state index in [1.165, 1.54) is 199 Å².